The van der Waals surface area contributed by atoms with Crippen molar-refractivity contribution in [1.82, 2.24) is 0 Å². The monoisotopic (exact) mass is 264 g/mol. The van der Waals surface area contributed by atoms with Gasteiger partial charge in [0.1, 0.15) is 0 Å². The van der Waals surface area contributed by atoms with Crippen LogP contribution in [0.5, 0.6) is 0 Å². The fraction of sp³-hybridized carbons (Fsp3) is 0. The van der Waals surface area contributed by atoms with Crippen molar-refractivity contribution in [2.75, 3.05) is 0 Å². The van der Waals surface area contributed by atoms with Crippen molar-refractivity contribution in [1.29, 1.82) is 0 Å². The summed E-state index contributed by atoms with van der Waals surface area (Å²) in [6.07, 6.45) is 0. The lowest BCUT2D eigenvalue weighted by Crippen LogP contribution is -2.42. The molecule has 0 spiro atoms. The van der Waals surface area contributed by atoms with Crippen molar-refractivity contribution in [2.24, 2.45) is 0 Å². The van der Waals surface area contributed by atoms with E-state index >= 15 is 0 Å². The second kappa shape index (κ2) is 3.81. The van der Waals surface area contributed by atoms with Crippen LogP contribution in [0.4, 0.5) is 0 Å². The zero-order chi connectivity index (χ0) is 13.7. The largest absolute Gasteiger partial charge is 0.341 e. The molecule has 0 amide bonds. The molecule has 0 aliphatic rings. The van der Waals surface area contributed by atoms with Crippen LogP contribution < -0.4 is 9.46 Å². The van der Waals surface area contributed by atoms with E-state index in [1.54, 1.807) is 18.2 Å². The Morgan fingerprint density at radius 3 is 2.05 bits per heavy atom. The van der Waals surface area contributed by atoms with Crippen LogP contribution in [-0.2, 0) is 0 Å². The third kappa shape index (κ3) is 1.30. The quantitative estimate of drug-likeness (QED) is 0.221. The Balaban J connectivity index is 2.38. The summed E-state index contributed by atoms with van der Waals surface area (Å²) < 4.78 is 2.25. The van der Waals surface area contributed by atoms with Crippen LogP contribution in [0.15, 0.2) is 60.7 Å². The Morgan fingerprint density at radius 2 is 1.25 bits per heavy atom. The standard InChI is InChI=1S/C16H12N2O2/c19-17-13-7-3-4-8-14(13)18(20)16-12-6-2-1-5-11(12)9-10-15(16)17/h1-10,19-20H/q+2. The van der Waals surface area contributed by atoms with Crippen molar-refractivity contribution in [2.45, 2.75) is 0 Å². The van der Waals surface area contributed by atoms with Gasteiger partial charge in [-0.3, -0.25) is 10.4 Å². The van der Waals surface area contributed by atoms with Gasteiger partial charge in [0.05, 0.1) is 5.39 Å². The molecule has 4 aromatic rings. The van der Waals surface area contributed by atoms with E-state index in [1.165, 1.54) is 0 Å². The average Bonchev–Trinajstić information content (AvgIpc) is 2.51. The number of aromatic nitrogens is 2. The number of hydrogen-bond donors (Lipinski definition) is 2. The maximum absolute atomic E-state index is 10.5. The summed E-state index contributed by atoms with van der Waals surface area (Å²) in [6.45, 7) is 0. The SMILES string of the molecule is O[n+]1c2ccccc2[n+](O)c2c3ccccc3ccc21. The third-order valence-corrected chi connectivity index (χ3v) is 3.66. The zero-order valence-corrected chi connectivity index (χ0v) is 10.6. The first-order valence-corrected chi connectivity index (χ1v) is 6.36. The first kappa shape index (κ1) is 11.0. The van der Waals surface area contributed by atoms with Crippen molar-refractivity contribution >= 4 is 32.8 Å². The van der Waals surface area contributed by atoms with Gasteiger partial charge in [-0.2, -0.15) is 0 Å². The second-order valence-electron chi connectivity index (χ2n) is 4.77. The maximum atomic E-state index is 10.5. The summed E-state index contributed by atoms with van der Waals surface area (Å²) in [5, 5.41) is 22.8. The van der Waals surface area contributed by atoms with Gasteiger partial charge >= 0.3 is 22.1 Å². The minimum absolute atomic E-state index is 0.554. The van der Waals surface area contributed by atoms with E-state index in [9.17, 15) is 10.4 Å². The molecule has 20 heavy (non-hydrogen) atoms. The van der Waals surface area contributed by atoms with Crippen molar-refractivity contribution in [3.05, 3.63) is 60.7 Å². The van der Waals surface area contributed by atoms with Crippen LogP contribution in [0.1, 0.15) is 0 Å². The number of benzene rings is 3. The third-order valence-electron chi connectivity index (χ3n) is 3.66. The minimum Gasteiger partial charge on any atom is -0.283 e. The summed E-state index contributed by atoms with van der Waals surface area (Å²) in [4.78, 5) is 0. The first-order chi connectivity index (χ1) is 9.77. The molecule has 0 atom stereocenters. The van der Waals surface area contributed by atoms with Crippen LogP contribution in [0.25, 0.3) is 32.8 Å². The molecule has 4 nitrogen and oxygen atoms in total. The van der Waals surface area contributed by atoms with E-state index < -0.39 is 0 Å². The summed E-state index contributed by atoms with van der Waals surface area (Å²) in [6, 6.07) is 18.7. The van der Waals surface area contributed by atoms with E-state index in [0.717, 1.165) is 20.2 Å². The zero-order valence-electron chi connectivity index (χ0n) is 10.6. The molecule has 2 N–H and O–H groups in total. The number of hydrogen-bond acceptors (Lipinski definition) is 2. The highest BCUT2D eigenvalue weighted by Crippen LogP contribution is 2.21. The molecule has 1 aromatic heterocycles. The Labute approximate surface area is 114 Å². The minimum atomic E-state index is 0.554. The van der Waals surface area contributed by atoms with Crippen molar-refractivity contribution in [3.63, 3.8) is 0 Å². The Hall–Kier alpha value is -2.88. The normalized spacial score (nSPS) is 11.4. The molecule has 3 aromatic carbocycles. The van der Waals surface area contributed by atoms with Gasteiger partial charge in [-0.05, 0) is 17.5 Å². The molecule has 0 saturated carbocycles. The molecule has 0 aliphatic heterocycles. The maximum Gasteiger partial charge on any atom is 0.341 e. The summed E-state index contributed by atoms with van der Waals surface area (Å²) in [7, 11) is 0. The molecule has 0 unspecified atom stereocenters. The highest BCUT2D eigenvalue weighted by atomic mass is 16.5. The molecule has 96 valence electrons. The fourth-order valence-electron chi connectivity index (χ4n) is 2.71. The van der Waals surface area contributed by atoms with E-state index in [1.807, 2.05) is 42.5 Å². The Bertz CT molecular complexity index is 980. The predicted molar refractivity (Wildman–Crippen MR) is 73.7 cm³/mol. The Kier molecular flexibility index (Phi) is 2.09. The van der Waals surface area contributed by atoms with Crippen LogP contribution in [-0.4, -0.2) is 10.4 Å². The summed E-state index contributed by atoms with van der Waals surface area (Å²) in [5.41, 5.74) is 2.26. The van der Waals surface area contributed by atoms with Crippen LogP contribution in [0.3, 0.4) is 0 Å². The smallest absolute Gasteiger partial charge is 0.283 e. The average molecular weight is 264 g/mol. The van der Waals surface area contributed by atoms with Gasteiger partial charge in [-0.15, -0.1) is 0 Å². The van der Waals surface area contributed by atoms with Crippen LogP contribution >= 0.6 is 0 Å². The van der Waals surface area contributed by atoms with Crippen LogP contribution in [0, 0.1) is 0 Å². The number of fused-ring (bicyclic) bond motifs is 4. The molecule has 0 aliphatic carbocycles. The molecule has 4 rings (SSSR count). The second-order valence-corrected chi connectivity index (χ2v) is 4.77. The molecule has 4 heteroatoms. The first-order valence-electron chi connectivity index (χ1n) is 6.36. The number of nitrogens with zero attached hydrogens (tertiary/aromatic N) is 2. The topological polar surface area (TPSA) is 48.2 Å². The molecular weight excluding hydrogens is 252 g/mol. The van der Waals surface area contributed by atoms with Crippen LogP contribution in [0.2, 0.25) is 0 Å². The molecule has 0 saturated heterocycles. The lowest BCUT2D eigenvalue weighted by atomic mass is 10.1. The van der Waals surface area contributed by atoms with Gasteiger partial charge in [-0.1, -0.05) is 30.3 Å². The highest BCUT2D eigenvalue weighted by Gasteiger charge is 2.29. The molecule has 0 fully saturated rings. The van der Waals surface area contributed by atoms with Crippen molar-refractivity contribution < 1.29 is 19.9 Å². The van der Waals surface area contributed by atoms with E-state index in [0.29, 0.717) is 22.1 Å². The lowest BCUT2D eigenvalue weighted by molar-refractivity contribution is -0.894. The van der Waals surface area contributed by atoms with Gasteiger partial charge in [0, 0.05) is 27.7 Å². The van der Waals surface area contributed by atoms with Gasteiger partial charge < -0.3 is 0 Å². The van der Waals surface area contributed by atoms with E-state index in [2.05, 4.69) is 0 Å². The Morgan fingerprint density at radius 1 is 0.600 bits per heavy atom. The van der Waals surface area contributed by atoms with Gasteiger partial charge in [0.15, 0.2) is 0 Å². The number of para-hydroxylation sites is 2. The fourth-order valence-corrected chi connectivity index (χ4v) is 2.71. The van der Waals surface area contributed by atoms with Gasteiger partial charge in [0.25, 0.3) is 0 Å². The van der Waals surface area contributed by atoms with Crippen molar-refractivity contribution in [3.8, 4) is 0 Å². The molecule has 0 radical (unpaired) electrons. The number of rotatable bonds is 0. The van der Waals surface area contributed by atoms with E-state index in [4.69, 9.17) is 0 Å². The van der Waals surface area contributed by atoms with E-state index in [-0.39, 0.29) is 0 Å². The lowest BCUT2D eigenvalue weighted by Gasteiger charge is -1.99. The summed E-state index contributed by atoms with van der Waals surface area (Å²) >= 11 is 0. The summed E-state index contributed by atoms with van der Waals surface area (Å²) in [5.74, 6) is 0. The molecule has 1 heterocycles. The van der Waals surface area contributed by atoms with Gasteiger partial charge in [-0.25, -0.2) is 0 Å². The predicted octanol–water partition coefficient (Wildman–Crippen LogP) is 2.20. The van der Waals surface area contributed by atoms with Gasteiger partial charge in [0.2, 0.25) is 0 Å². The highest BCUT2D eigenvalue weighted by molar-refractivity contribution is 6.01. The molecular formula is C16H12N2O2+2. The molecule has 0 bridgehead atoms.